The molecule has 0 bridgehead atoms. The first-order chi connectivity index (χ1) is 3.98. The molecule has 0 aromatic carbocycles. The van der Waals surface area contributed by atoms with E-state index >= 15 is 0 Å². The molecule has 0 aliphatic rings. The van der Waals surface area contributed by atoms with Crippen molar-refractivity contribution < 1.29 is 0 Å². The van der Waals surface area contributed by atoms with Crippen LogP contribution in [-0.4, -0.2) is 10.5 Å². The molecule has 1 atom stereocenters. The summed E-state index contributed by atoms with van der Waals surface area (Å²) >= 11 is 0. The number of hydrogen-bond acceptors (Lipinski definition) is 1. The van der Waals surface area contributed by atoms with Crippen LogP contribution >= 0.6 is 30.0 Å². The molecule has 0 N–H and O–H groups in total. The van der Waals surface area contributed by atoms with Crippen LogP contribution in [-0.2, 0) is 0 Å². The van der Waals surface area contributed by atoms with Crippen molar-refractivity contribution in [3.63, 3.8) is 0 Å². The van der Waals surface area contributed by atoms with Crippen LogP contribution in [0.5, 0.6) is 0 Å². The van der Waals surface area contributed by atoms with E-state index < -0.39 is 10.5 Å². The normalized spacial score (nSPS) is 14.6. The van der Waals surface area contributed by atoms with Gasteiger partial charge in [-0.1, -0.05) is 0 Å². The van der Waals surface area contributed by atoms with Crippen molar-refractivity contribution in [3.05, 3.63) is 0 Å². The van der Waals surface area contributed by atoms with E-state index in [0.717, 1.165) is 0 Å². The summed E-state index contributed by atoms with van der Waals surface area (Å²) in [6.45, 7) is 1.80. The predicted octanol–water partition coefficient (Wildman–Crippen LogP) is 2.95. The molecule has 0 saturated carbocycles. The number of hydrogen-bond donors (Lipinski definition) is 0. The Morgan fingerprint density at radius 2 is 2.00 bits per heavy atom. The standard InChI is InChI=1S/C4H6Cl3GeN/c1-4(2-3-9)8(5,6)7/h4H,2H2,1H3. The van der Waals surface area contributed by atoms with Gasteiger partial charge in [0.05, 0.1) is 0 Å². The van der Waals surface area contributed by atoms with Crippen LogP contribution in [0.25, 0.3) is 0 Å². The molecule has 0 radical (unpaired) electrons. The Morgan fingerprint density at radius 1 is 1.56 bits per heavy atom. The van der Waals surface area contributed by atoms with Gasteiger partial charge in [-0.2, -0.15) is 0 Å². The zero-order valence-electron chi connectivity index (χ0n) is 4.87. The molecule has 5 heteroatoms. The van der Waals surface area contributed by atoms with Crippen molar-refractivity contribution in [2.24, 2.45) is 0 Å². The van der Waals surface area contributed by atoms with E-state index in [2.05, 4.69) is 0 Å². The second-order valence-corrected chi connectivity index (χ2v) is 18.5. The third-order valence-corrected chi connectivity index (χ3v) is 9.54. The predicted molar refractivity (Wildman–Crippen MR) is 43.0 cm³/mol. The van der Waals surface area contributed by atoms with Crippen LogP contribution in [0.2, 0.25) is 4.75 Å². The van der Waals surface area contributed by atoms with Gasteiger partial charge < -0.3 is 0 Å². The Kier molecular flexibility index (Phi) is 4.32. The number of halogens is 3. The van der Waals surface area contributed by atoms with Crippen molar-refractivity contribution >= 4 is 40.5 Å². The van der Waals surface area contributed by atoms with Crippen molar-refractivity contribution in [2.75, 3.05) is 0 Å². The molecule has 0 amide bonds. The fourth-order valence-electron chi connectivity index (χ4n) is 0.253. The van der Waals surface area contributed by atoms with Crippen LogP contribution < -0.4 is 0 Å². The van der Waals surface area contributed by atoms with Gasteiger partial charge in [0.2, 0.25) is 0 Å². The Balaban J connectivity index is 3.76. The van der Waals surface area contributed by atoms with Crippen LogP contribution in [0.4, 0.5) is 0 Å². The van der Waals surface area contributed by atoms with E-state index in [-0.39, 0.29) is 4.75 Å². The van der Waals surface area contributed by atoms with Crippen LogP contribution in [0.3, 0.4) is 0 Å². The summed E-state index contributed by atoms with van der Waals surface area (Å²) < 4.78 is -0.0139. The second kappa shape index (κ2) is 3.92. The first-order valence-electron chi connectivity index (χ1n) is 2.42. The fourth-order valence-corrected chi connectivity index (χ4v) is 2.13. The molecular formula is C4H6Cl3GeN. The topological polar surface area (TPSA) is 23.8 Å². The Bertz CT molecular complexity index is 125. The molecule has 0 fully saturated rings. The van der Waals surface area contributed by atoms with E-state index in [4.69, 9.17) is 35.3 Å². The minimum absolute atomic E-state index is 0.0139. The van der Waals surface area contributed by atoms with Crippen molar-refractivity contribution in [2.45, 2.75) is 18.1 Å². The molecule has 52 valence electrons. The molecule has 0 aliphatic heterocycles. The van der Waals surface area contributed by atoms with Crippen molar-refractivity contribution in [1.82, 2.24) is 0 Å². The molecular weight excluding hydrogens is 241 g/mol. The second-order valence-electron chi connectivity index (χ2n) is 1.80. The average molecular weight is 247 g/mol. The van der Waals surface area contributed by atoms with E-state index in [1.54, 1.807) is 6.92 Å². The SMILES string of the molecule is C[CH](CC#N)[Ge]([Cl])([Cl])[Cl]. The average Bonchev–Trinajstić information content (AvgIpc) is 1.64. The van der Waals surface area contributed by atoms with Crippen LogP contribution in [0.15, 0.2) is 0 Å². The Morgan fingerprint density at radius 3 is 2.11 bits per heavy atom. The van der Waals surface area contributed by atoms with Gasteiger partial charge in [-0.3, -0.25) is 0 Å². The molecule has 0 aliphatic carbocycles. The maximum atomic E-state index is 8.20. The number of nitriles is 1. The van der Waals surface area contributed by atoms with Gasteiger partial charge in [-0.15, -0.1) is 0 Å². The first kappa shape index (κ1) is 9.90. The zero-order valence-corrected chi connectivity index (χ0v) is 9.23. The van der Waals surface area contributed by atoms with Crippen LogP contribution in [0.1, 0.15) is 13.3 Å². The molecule has 1 unspecified atom stereocenters. The third-order valence-electron chi connectivity index (χ3n) is 0.956. The van der Waals surface area contributed by atoms with E-state index in [1.807, 2.05) is 6.07 Å². The van der Waals surface area contributed by atoms with E-state index in [1.165, 1.54) is 0 Å². The van der Waals surface area contributed by atoms with Crippen molar-refractivity contribution in [3.8, 4) is 6.07 Å². The monoisotopic (exact) mass is 247 g/mol. The van der Waals surface area contributed by atoms with Crippen LogP contribution in [0, 0.1) is 11.3 Å². The van der Waals surface area contributed by atoms with Gasteiger partial charge in [0.15, 0.2) is 0 Å². The van der Waals surface area contributed by atoms with Gasteiger partial charge in [-0.25, -0.2) is 0 Å². The molecule has 0 aromatic rings. The third kappa shape index (κ3) is 4.33. The summed E-state index contributed by atoms with van der Waals surface area (Å²) in [5.74, 6) is 0. The van der Waals surface area contributed by atoms with Gasteiger partial charge in [0.25, 0.3) is 0 Å². The zero-order chi connectivity index (χ0) is 7.49. The summed E-state index contributed by atoms with van der Waals surface area (Å²) in [6.07, 6.45) is 0.358. The molecule has 0 heterocycles. The fraction of sp³-hybridized carbons (Fsp3) is 0.750. The maximum absolute atomic E-state index is 8.20. The molecule has 0 rings (SSSR count). The first-order valence-corrected chi connectivity index (χ1v) is 11.9. The molecule has 9 heavy (non-hydrogen) atoms. The Labute approximate surface area is 69.8 Å². The summed E-state index contributed by atoms with van der Waals surface area (Å²) in [5.41, 5.74) is 0. The van der Waals surface area contributed by atoms with E-state index in [0.29, 0.717) is 6.42 Å². The Hall–Kier alpha value is 0.903. The number of rotatable bonds is 2. The van der Waals surface area contributed by atoms with Gasteiger partial charge in [0.1, 0.15) is 0 Å². The quantitative estimate of drug-likeness (QED) is 0.688. The number of nitrogens with zero attached hydrogens (tertiary/aromatic N) is 1. The summed E-state index contributed by atoms with van der Waals surface area (Å²) in [7, 11) is 13.8. The molecule has 1 nitrogen and oxygen atoms in total. The van der Waals surface area contributed by atoms with Crippen molar-refractivity contribution in [1.29, 1.82) is 5.26 Å². The molecule has 0 saturated heterocycles. The summed E-state index contributed by atoms with van der Waals surface area (Å²) in [6, 6.07) is 1.97. The van der Waals surface area contributed by atoms with E-state index in [9.17, 15) is 0 Å². The van der Waals surface area contributed by atoms with Gasteiger partial charge in [0, 0.05) is 0 Å². The van der Waals surface area contributed by atoms with Gasteiger partial charge >= 0.3 is 69.9 Å². The van der Waals surface area contributed by atoms with Gasteiger partial charge in [-0.05, 0) is 0 Å². The minimum atomic E-state index is -3.04. The molecule has 0 aromatic heterocycles. The summed E-state index contributed by atoms with van der Waals surface area (Å²) in [5, 5.41) is 8.20. The summed E-state index contributed by atoms with van der Waals surface area (Å²) in [4.78, 5) is 0. The molecule has 0 spiro atoms.